The molecule has 4 aromatic rings. The normalized spacial score (nSPS) is 21.6. The molecule has 2 aliphatic heterocycles. The van der Waals surface area contributed by atoms with Crippen molar-refractivity contribution in [2.24, 2.45) is 0 Å². The minimum atomic E-state index is -0.444. The van der Waals surface area contributed by atoms with Gasteiger partial charge in [0.05, 0.1) is 43.5 Å². The van der Waals surface area contributed by atoms with Gasteiger partial charge in [0, 0.05) is 35.4 Å². The van der Waals surface area contributed by atoms with Gasteiger partial charge in [-0.3, -0.25) is 4.79 Å². The molecule has 4 aliphatic rings. The van der Waals surface area contributed by atoms with Crippen molar-refractivity contribution in [2.45, 2.75) is 50.1 Å². The van der Waals surface area contributed by atoms with E-state index in [-0.39, 0.29) is 5.56 Å². The maximum absolute atomic E-state index is 11.9. The lowest BCUT2D eigenvalue weighted by atomic mass is 9.92. The summed E-state index contributed by atoms with van der Waals surface area (Å²) in [6.07, 6.45) is 7.97. The lowest BCUT2D eigenvalue weighted by molar-refractivity contribution is -0.163. The maximum Gasteiger partial charge on any atom is 0.259 e. The molecular formula is C24H23ClN4O5S2. The highest BCUT2D eigenvalue weighted by Gasteiger charge is 2.42. The third-order valence-corrected chi connectivity index (χ3v) is 9.87. The first kappa shape index (κ1) is 23.2. The first-order chi connectivity index (χ1) is 17.5. The van der Waals surface area contributed by atoms with Gasteiger partial charge in [-0.05, 0) is 24.0 Å². The minimum absolute atomic E-state index is 0.0401. The molecule has 9 nitrogen and oxygen atoms in total. The van der Waals surface area contributed by atoms with Crippen LogP contribution in [0.5, 0.6) is 0 Å². The SMILES string of the molecule is Clc1ncnc2sc3c(c12)CCC1(C3)OCCO1.O=c1[nH]cnc2sc3c(c12)CCC1(C3)OCCO1. The zero-order valence-corrected chi connectivity index (χ0v) is 21.7. The molecule has 2 aliphatic carbocycles. The molecule has 4 aromatic heterocycles. The van der Waals surface area contributed by atoms with Crippen LogP contribution in [0.1, 0.15) is 33.7 Å². The van der Waals surface area contributed by atoms with Crippen molar-refractivity contribution in [3.05, 3.63) is 49.0 Å². The molecule has 0 amide bonds. The highest BCUT2D eigenvalue weighted by atomic mass is 35.5. The van der Waals surface area contributed by atoms with Crippen molar-refractivity contribution < 1.29 is 18.9 Å². The van der Waals surface area contributed by atoms with Gasteiger partial charge in [0.1, 0.15) is 21.1 Å². The summed E-state index contributed by atoms with van der Waals surface area (Å²) in [4.78, 5) is 31.4. The van der Waals surface area contributed by atoms with E-state index in [1.54, 1.807) is 22.7 Å². The van der Waals surface area contributed by atoms with Crippen LogP contribution < -0.4 is 5.56 Å². The van der Waals surface area contributed by atoms with Gasteiger partial charge in [0.15, 0.2) is 11.6 Å². The number of aryl methyl sites for hydroxylation is 2. The number of nitrogens with one attached hydrogen (secondary N) is 1. The Morgan fingerprint density at radius 2 is 1.36 bits per heavy atom. The molecule has 0 atom stereocenters. The largest absolute Gasteiger partial charge is 0.347 e. The predicted octanol–water partition coefficient (Wildman–Crippen LogP) is 3.79. The standard InChI is InChI=1S/C12H11ClN2O2S.C12H12N2O3S/c13-10-9-7-1-2-12(16-3-4-17-12)5-8(7)18-11(9)15-6-14-10;15-10-9-7-1-2-12(16-3-4-17-12)5-8(7)18-11(9)14-6-13-10/h6H,1-5H2;6H,1-5H2,(H,13,14,15). The Labute approximate surface area is 218 Å². The van der Waals surface area contributed by atoms with Crippen molar-refractivity contribution >= 4 is 54.7 Å². The van der Waals surface area contributed by atoms with Crippen molar-refractivity contribution in [3.63, 3.8) is 0 Å². The van der Waals surface area contributed by atoms with Gasteiger partial charge in [-0.15, -0.1) is 22.7 Å². The average molecular weight is 547 g/mol. The smallest absolute Gasteiger partial charge is 0.259 e. The van der Waals surface area contributed by atoms with Gasteiger partial charge in [0.25, 0.3) is 5.56 Å². The van der Waals surface area contributed by atoms with Crippen LogP contribution in [0.3, 0.4) is 0 Å². The Morgan fingerprint density at radius 1 is 0.806 bits per heavy atom. The van der Waals surface area contributed by atoms with Gasteiger partial charge >= 0.3 is 0 Å². The number of H-pyrrole nitrogens is 1. The fourth-order valence-electron chi connectivity index (χ4n) is 5.64. The third-order valence-electron chi connectivity index (χ3n) is 7.30. The van der Waals surface area contributed by atoms with E-state index in [9.17, 15) is 4.79 Å². The molecule has 8 rings (SSSR count). The van der Waals surface area contributed by atoms with Crippen LogP contribution in [0.25, 0.3) is 20.4 Å². The van der Waals surface area contributed by atoms with Gasteiger partial charge in [-0.2, -0.15) is 0 Å². The number of thiophene rings is 2. The minimum Gasteiger partial charge on any atom is -0.347 e. The number of hydrogen-bond donors (Lipinski definition) is 1. The van der Waals surface area contributed by atoms with E-state index in [1.165, 1.54) is 28.0 Å². The van der Waals surface area contributed by atoms with Crippen LogP contribution in [0.4, 0.5) is 0 Å². The Morgan fingerprint density at radius 3 is 1.97 bits per heavy atom. The molecule has 2 spiro atoms. The summed E-state index contributed by atoms with van der Waals surface area (Å²) < 4.78 is 23.0. The average Bonchev–Trinajstić information content (AvgIpc) is 3.65. The number of fused-ring (bicyclic) bond motifs is 6. The highest BCUT2D eigenvalue weighted by molar-refractivity contribution is 7.19. The van der Waals surface area contributed by atoms with Crippen LogP contribution in [0.15, 0.2) is 17.4 Å². The molecule has 0 unspecified atom stereocenters. The van der Waals surface area contributed by atoms with Crippen LogP contribution in [0, 0.1) is 0 Å². The maximum atomic E-state index is 11.9. The van der Waals surface area contributed by atoms with E-state index in [0.717, 1.165) is 64.5 Å². The van der Waals surface area contributed by atoms with E-state index < -0.39 is 11.6 Å². The second-order valence-corrected chi connectivity index (χ2v) is 11.9. The Balaban J connectivity index is 0.000000122. The highest BCUT2D eigenvalue weighted by Crippen LogP contribution is 2.43. The molecule has 0 radical (unpaired) electrons. The fourth-order valence-corrected chi connectivity index (χ4v) is 8.49. The van der Waals surface area contributed by atoms with Crippen LogP contribution in [-0.2, 0) is 44.6 Å². The van der Waals surface area contributed by atoms with E-state index in [4.69, 9.17) is 30.5 Å². The number of aromatic amines is 1. The molecule has 1 N–H and O–H groups in total. The van der Waals surface area contributed by atoms with Gasteiger partial charge in [-0.25, -0.2) is 15.0 Å². The van der Waals surface area contributed by atoms with Gasteiger partial charge in [0.2, 0.25) is 0 Å². The molecule has 2 fully saturated rings. The number of rotatable bonds is 0. The fraction of sp³-hybridized carbons (Fsp3) is 0.500. The first-order valence-corrected chi connectivity index (χ1v) is 14.0. The number of ether oxygens (including phenoxy) is 4. The molecular weight excluding hydrogens is 524 g/mol. The van der Waals surface area contributed by atoms with Crippen molar-refractivity contribution in [1.29, 1.82) is 0 Å². The monoisotopic (exact) mass is 546 g/mol. The van der Waals surface area contributed by atoms with Crippen molar-refractivity contribution in [3.8, 4) is 0 Å². The number of hydrogen-bond acceptors (Lipinski definition) is 10. The summed E-state index contributed by atoms with van der Waals surface area (Å²) in [5, 5.41) is 2.33. The lowest BCUT2D eigenvalue weighted by Gasteiger charge is -2.31. The molecule has 2 saturated heterocycles. The third kappa shape index (κ3) is 3.80. The Kier molecular flexibility index (Phi) is 5.66. The van der Waals surface area contributed by atoms with E-state index >= 15 is 0 Å². The predicted molar refractivity (Wildman–Crippen MR) is 136 cm³/mol. The molecule has 188 valence electrons. The van der Waals surface area contributed by atoms with Gasteiger partial charge < -0.3 is 23.9 Å². The number of nitrogens with zero attached hydrogens (tertiary/aromatic N) is 3. The quantitative estimate of drug-likeness (QED) is 0.332. The zero-order chi connectivity index (χ0) is 24.3. The lowest BCUT2D eigenvalue weighted by Crippen LogP contribution is -2.36. The van der Waals surface area contributed by atoms with E-state index in [2.05, 4.69) is 19.9 Å². The van der Waals surface area contributed by atoms with E-state index in [1.807, 2.05) is 0 Å². The summed E-state index contributed by atoms with van der Waals surface area (Å²) in [6, 6.07) is 0. The second kappa shape index (κ2) is 8.80. The van der Waals surface area contributed by atoms with Crippen molar-refractivity contribution in [1.82, 2.24) is 19.9 Å². The first-order valence-electron chi connectivity index (χ1n) is 12.0. The van der Waals surface area contributed by atoms with Gasteiger partial charge in [-0.1, -0.05) is 11.6 Å². The van der Waals surface area contributed by atoms with Crippen molar-refractivity contribution in [2.75, 3.05) is 26.4 Å². The van der Waals surface area contributed by atoms with Crippen LogP contribution in [0.2, 0.25) is 5.15 Å². The summed E-state index contributed by atoms with van der Waals surface area (Å²) in [5.74, 6) is -0.839. The summed E-state index contributed by atoms with van der Waals surface area (Å²) in [5.41, 5.74) is 2.38. The van der Waals surface area contributed by atoms with Crippen LogP contribution >= 0.6 is 34.3 Å². The van der Waals surface area contributed by atoms with E-state index in [0.29, 0.717) is 31.6 Å². The Bertz CT molecular complexity index is 1520. The molecule has 0 saturated carbocycles. The molecule has 6 heterocycles. The van der Waals surface area contributed by atoms with Crippen LogP contribution in [-0.4, -0.2) is 57.9 Å². The Hall–Kier alpha value is -1.99. The number of halogens is 1. The topological polar surface area (TPSA) is 108 Å². The molecule has 36 heavy (non-hydrogen) atoms. The number of aromatic nitrogens is 4. The second-order valence-electron chi connectivity index (χ2n) is 9.33. The summed E-state index contributed by atoms with van der Waals surface area (Å²) in [7, 11) is 0. The zero-order valence-electron chi connectivity index (χ0n) is 19.3. The molecule has 12 heteroatoms. The molecule has 0 bridgehead atoms. The molecule has 0 aromatic carbocycles. The summed E-state index contributed by atoms with van der Waals surface area (Å²) in [6.45, 7) is 2.72. The summed E-state index contributed by atoms with van der Waals surface area (Å²) >= 11 is 9.44.